The second kappa shape index (κ2) is 6.14. The Morgan fingerprint density at radius 1 is 1.33 bits per heavy atom. The van der Waals surface area contributed by atoms with Crippen LogP contribution in [0.1, 0.15) is 11.4 Å². The molecular formula is C12H20BrN3O2. The Labute approximate surface area is 116 Å². The molecule has 1 N–H and O–H groups in total. The fourth-order valence-corrected chi connectivity index (χ4v) is 2.48. The Morgan fingerprint density at radius 2 is 2.00 bits per heavy atom. The molecule has 0 bridgehead atoms. The van der Waals surface area contributed by atoms with Gasteiger partial charge in [-0.1, -0.05) is 0 Å². The molecule has 1 aliphatic rings. The molecule has 5 nitrogen and oxygen atoms in total. The van der Waals surface area contributed by atoms with Gasteiger partial charge in [-0.05, 0) is 29.8 Å². The number of aliphatic hydroxyl groups is 1. The number of halogens is 1. The second-order valence-corrected chi connectivity index (χ2v) is 5.53. The third kappa shape index (κ3) is 3.32. The largest absolute Gasteiger partial charge is 0.390 e. The lowest BCUT2D eigenvalue weighted by Crippen LogP contribution is -2.42. The van der Waals surface area contributed by atoms with E-state index in [1.54, 1.807) is 0 Å². The molecular weight excluding hydrogens is 298 g/mol. The van der Waals surface area contributed by atoms with Gasteiger partial charge in [-0.15, -0.1) is 0 Å². The number of aliphatic hydroxyl groups excluding tert-OH is 1. The molecule has 2 rings (SSSR count). The summed E-state index contributed by atoms with van der Waals surface area (Å²) in [6, 6.07) is 0. The van der Waals surface area contributed by atoms with Crippen molar-refractivity contribution >= 4 is 15.9 Å². The fraction of sp³-hybridized carbons (Fsp3) is 0.750. The number of hydrogen-bond acceptors (Lipinski definition) is 4. The molecule has 102 valence electrons. The van der Waals surface area contributed by atoms with E-state index in [1.807, 2.05) is 18.5 Å². The highest BCUT2D eigenvalue weighted by Crippen LogP contribution is 2.19. The van der Waals surface area contributed by atoms with Crippen molar-refractivity contribution in [3.63, 3.8) is 0 Å². The van der Waals surface area contributed by atoms with E-state index in [9.17, 15) is 5.11 Å². The first-order chi connectivity index (χ1) is 8.58. The lowest BCUT2D eigenvalue weighted by atomic mass is 10.3. The SMILES string of the molecule is Cc1nn(CC(O)CN2CCOCC2)c(C)c1Br. The number of hydrogen-bond donors (Lipinski definition) is 1. The molecule has 18 heavy (non-hydrogen) atoms. The zero-order chi connectivity index (χ0) is 13.1. The maximum absolute atomic E-state index is 10.1. The molecule has 1 aliphatic heterocycles. The summed E-state index contributed by atoms with van der Waals surface area (Å²) in [6.45, 7) is 8.51. The highest BCUT2D eigenvalue weighted by molar-refractivity contribution is 9.10. The van der Waals surface area contributed by atoms with Crippen LogP contribution in [0.25, 0.3) is 0 Å². The van der Waals surface area contributed by atoms with Gasteiger partial charge in [0, 0.05) is 25.3 Å². The molecule has 0 saturated carbocycles. The van der Waals surface area contributed by atoms with Crippen LogP contribution in [-0.2, 0) is 11.3 Å². The summed E-state index contributed by atoms with van der Waals surface area (Å²) in [5.41, 5.74) is 2.03. The van der Waals surface area contributed by atoms with Crippen molar-refractivity contribution < 1.29 is 9.84 Å². The van der Waals surface area contributed by atoms with Crippen LogP contribution in [0.2, 0.25) is 0 Å². The van der Waals surface area contributed by atoms with Crippen LogP contribution in [0.3, 0.4) is 0 Å². The number of ether oxygens (including phenoxy) is 1. The number of rotatable bonds is 4. The molecule has 1 saturated heterocycles. The van der Waals surface area contributed by atoms with Gasteiger partial charge in [0.25, 0.3) is 0 Å². The van der Waals surface area contributed by atoms with Crippen LogP contribution in [0.15, 0.2) is 4.47 Å². The minimum Gasteiger partial charge on any atom is -0.390 e. The summed E-state index contributed by atoms with van der Waals surface area (Å²) in [4.78, 5) is 2.23. The molecule has 1 aromatic rings. The predicted molar refractivity (Wildman–Crippen MR) is 72.7 cm³/mol. The van der Waals surface area contributed by atoms with Gasteiger partial charge in [0.2, 0.25) is 0 Å². The van der Waals surface area contributed by atoms with Gasteiger partial charge in [0.1, 0.15) is 0 Å². The van der Waals surface area contributed by atoms with Crippen LogP contribution in [-0.4, -0.2) is 58.7 Å². The summed E-state index contributed by atoms with van der Waals surface area (Å²) >= 11 is 3.50. The Hall–Kier alpha value is -0.430. The molecule has 1 atom stereocenters. The van der Waals surface area contributed by atoms with Gasteiger partial charge in [0.05, 0.1) is 36.0 Å². The van der Waals surface area contributed by atoms with Gasteiger partial charge in [-0.2, -0.15) is 5.10 Å². The van der Waals surface area contributed by atoms with Gasteiger partial charge in [-0.3, -0.25) is 9.58 Å². The Balaban J connectivity index is 1.89. The summed E-state index contributed by atoms with van der Waals surface area (Å²) in [5, 5.41) is 14.5. The number of β-amino-alcohol motifs (C(OH)–C–C–N with tert-alkyl or cyclic N) is 1. The third-order valence-corrected chi connectivity index (χ3v) is 4.40. The number of aryl methyl sites for hydroxylation is 1. The number of nitrogens with zero attached hydrogens (tertiary/aromatic N) is 3. The smallest absolute Gasteiger partial charge is 0.0862 e. The third-order valence-electron chi connectivity index (χ3n) is 3.25. The van der Waals surface area contributed by atoms with Crippen LogP contribution in [0.4, 0.5) is 0 Å². The zero-order valence-electron chi connectivity index (χ0n) is 10.9. The molecule has 1 unspecified atom stereocenters. The Kier molecular flexibility index (Phi) is 4.77. The highest BCUT2D eigenvalue weighted by atomic mass is 79.9. The monoisotopic (exact) mass is 317 g/mol. The van der Waals surface area contributed by atoms with Crippen molar-refractivity contribution in [3.05, 3.63) is 15.9 Å². The fourth-order valence-electron chi connectivity index (χ4n) is 2.19. The topological polar surface area (TPSA) is 50.5 Å². The molecule has 0 aliphatic carbocycles. The second-order valence-electron chi connectivity index (χ2n) is 4.73. The minimum absolute atomic E-state index is 0.395. The summed E-state index contributed by atoms with van der Waals surface area (Å²) in [6.07, 6.45) is -0.395. The lowest BCUT2D eigenvalue weighted by molar-refractivity contribution is 0.0107. The van der Waals surface area contributed by atoms with Crippen LogP contribution >= 0.6 is 15.9 Å². The van der Waals surface area contributed by atoms with Crippen molar-refractivity contribution in [2.75, 3.05) is 32.8 Å². The predicted octanol–water partition coefficient (Wildman–Crippen LogP) is 0.956. The highest BCUT2D eigenvalue weighted by Gasteiger charge is 2.17. The summed E-state index contributed by atoms with van der Waals surface area (Å²) in [5.74, 6) is 0. The van der Waals surface area contributed by atoms with Crippen LogP contribution < -0.4 is 0 Å². The molecule has 2 heterocycles. The number of morpholine rings is 1. The lowest BCUT2D eigenvalue weighted by Gasteiger charge is -2.28. The Morgan fingerprint density at radius 3 is 2.56 bits per heavy atom. The van der Waals surface area contributed by atoms with E-state index < -0.39 is 6.10 Å². The number of aromatic nitrogens is 2. The first-order valence-electron chi connectivity index (χ1n) is 6.25. The molecule has 0 spiro atoms. The van der Waals surface area contributed by atoms with E-state index in [1.165, 1.54) is 0 Å². The molecule has 1 fully saturated rings. The van der Waals surface area contributed by atoms with Gasteiger partial charge >= 0.3 is 0 Å². The van der Waals surface area contributed by atoms with Crippen molar-refractivity contribution in [2.45, 2.75) is 26.5 Å². The first-order valence-corrected chi connectivity index (χ1v) is 7.05. The van der Waals surface area contributed by atoms with Crippen molar-refractivity contribution in [1.82, 2.24) is 14.7 Å². The van der Waals surface area contributed by atoms with Gasteiger partial charge < -0.3 is 9.84 Å². The standard InChI is InChI=1S/C12H20BrN3O2/c1-9-12(13)10(2)16(14-9)8-11(17)7-15-3-5-18-6-4-15/h11,17H,3-8H2,1-2H3. The van der Waals surface area contributed by atoms with E-state index in [-0.39, 0.29) is 0 Å². The average Bonchev–Trinajstić information content (AvgIpc) is 2.58. The van der Waals surface area contributed by atoms with Crippen LogP contribution in [0.5, 0.6) is 0 Å². The quantitative estimate of drug-likeness (QED) is 0.898. The summed E-state index contributed by atoms with van der Waals surface area (Å²) < 4.78 is 8.19. The summed E-state index contributed by atoms with van der Waals surface area (Å²) in [7, 11) is 0. The van der Waals surface area contributed by atoms with Gasteiger partial charge in [-0.25, -0.2) is 0 Å². The van der Waals surface area contributed by atoms with E-state index in [0.717, 1.165) is 42.2 Å². The maximum atomic E-state index is 10.1. The average molecular weight is 318 g/mol. The van der Waals surface area contributed by atoms with Crippen molar-refractivity contribution in [3.8, 4) is 0 Å². The van der Waals surface area contributed by atoms with Crippen LogP contribution in [0, 0.1) is 13.8 Å². The van der Waals surface area contributed by atoms with Crippen molar-refractivity contribution in [1.29, 1.82) is 0 Å². The van der Waals surface area contributed by atoms with E-state index in [0.29, 0.717) is 13.1 Å². The molecule has 0 amide bonds. The molecule has 6 heteroatoms. The molecule has 1 aromatic heterocycles. The minimum atomic E-state index is -0.395. The molecule has 0 radical (unpaired) electrons. The van der Waals surface area contributed by atoms with E-state index >= 15 is 0 Å². The normalized spacial score (nSPS) is 19.1. The molecule has 0 aromatic carbocycles. The van der Waals surface area contributed by atoms with E-state index in [4.69, 9.17) is 4.74 Å². The zero-order valence-corrected chi connectivity index (χ0v) is 12.5. The maximum Gasteiger partial charge on any atom is 0.0862 e. The Bertz CT molecular complexity index is 402. The van der Waals surface area contributed by atoms with Gasteiger partial charge in [0.15, 0.2) is 0 Å². The van der Waals surface area contributed by atoms with Crippen molar-refractivity contribution in [2.24, 2.45) is 0 Å². The first kappa shape index (κ1) is 14.0. The van der Waals surface area contributed by atoms with E-state index in [2.05, 4.69) is 25.9 Å².